The van der Waals surface area contributed by atoms with Crippen molar-refractivity contribution < 1.29 is 23.4 Å². The molecule has 7 heteroatoms. The van der Waals surface area contributed by atoms with Crippen LogP contribution in [0.25, 0.3) is 83.2 Å². The third-order valence-corrected chi connectivity index (χ3v) is 10.4. The number of nitrogens with zero attached hydrogens (tertiary/aromatic N) is 1. The molecule has 2 heterocycles. The maximum Gasteiger partial charge on any atom is 0.193 e. The van der Waals surface area contributed by atoms with Gasteiger partial charge in [-0.25, -0.2) is 0 Å². The maximum absolute atomic E-state index is 13.3. The topological polar surface area (TPSA) is 72.1 Å². The van der Waals surface area contributed by atoms with Gasteiger partial charge in [-0.2, -0.15) is 0 Å². The van der Waals surface area contributed by atoms with Gasteiger partial charge >= 0.3 is 0 Å². The van der Waals surface area contributed by atoms with Crippen molar-refractivity contribution in [1.29, 1.82) is 0 Å². The van der Waals surface area contributed by atoms with Crippen molar-refractivity contribution in [3.63, 3.8) is 0 Å². The Morgan fingerprint density at radius 2 is 0.875 bits per heavy atom. The Morgan fingerprint density at radius 1 is 0.411 bits per heavy atom. The first-order chi connectivity index (χ1) is 27.4. The molecule has 7 aromatic carbocycles. The summed E-state index contributed by atoms with van der Waals surface area (Å²) >= 11 is 0. The first-order valence-electron chi connectivity index (χ1n) is 18.2. The van der Waals surface area contributed by atoms with Gasteiger partial charge in [0.05, 0.1) is 44.9 Å². The average Bonchev–Trinajstić information content (AvgIpc) is 3.59. The number of hydrogen-bond acceptors (Lipinski definition) is 6. The summed E-state index contributed by atoms with van der Waals surface area (Å²) in [6.07, 6.45) is 0. The molecule has 2 aromatic heterocycles. The van der Waals surface area contributed by atoms with Crippen molar-refractivity contribution in [2.24, 2.45) is 0 Å². The lowest BCUT2D eigenvalue weighted by molar-refractivity contribution is 0.394. The van der Waals surface area contributed by atoms with Crippen LogP contribution in [-0.2, 0) is 0 Å². The van der Waals surface area contributed by atoms with E-state index < -0.39 is 0 Å². The molecule has 0 bridgehead atoms. The normalized spacial score (nSPS) is 11.3. The van der Waals surface area contributed by atoms with Crippen LogP contribution in [0, 0.1) is 0 Å². The fourth-order valence-electron chi connectivity index (χ4n) is 7.49. The highest BCUT2D eigenvalue weighted by Crippen LogP contribution is 2.40. The zero-order valence-corrected chi connectivity index (χ0v) is 31.3. The second-order valence-electron chi connectivity index (χ2n) is 13.6. The Morgan fingerprint density at radius 3 is 1.39 bits per heavy atom. The number of hydrogen-bond donors (Lipinski definition) is 0. The van der Waals surface area contributed by atoms with Crippen LogP contribution in [0.1, 0.15) is 0 Å². The van der Waals surface area contributed by atoms with Crippen molar-refractivity contribution in [1.82, 2.24) is 4.57 Å². The van der Waals surface area contributed by atoms with E-state index in [2.05, 4.69) is 65.2 Å². The fourth-order valence-corrected chi connectivity index (χ4v) is 7.49. The molecule has 0 aliphatic rings. The highest BCUT2D eigenvalue weighted by atomic mass is 16.5. The van der Waals surface area contributed by atoms with Gasteiger partial charge in [-0.3, -0.25) is 4.79 Å². The third kappa shape index (κ3) is 6.19. The largest absolute Gasteiger partial charge is 0.497 e. The Balaban J connectivity index is 1.16. The predicted molar refractivity (Wildman–Crippen MR) is 225 cm³/mol. The SMILES string of the molecule is COc1cc(OC)cc(-c2ccc3c(c2)c2cc(-c4cc(OC)cc(OC)c4)ccc2n3-c2ccc(-c3ccc4oc(-c5ccccc5)cc(=O)c4c3)cc2)c1. The highest BCUT2D eigenvalue weighted by molar-refractivity contribution is 6.11. The van der Waals surface area contributed by atoms with Crippen LogP contribution in [0.5, 0.6) is 23.0 Å². The summed E-state index contributed by atoms with van der Waals surface area (Å²) in [4.78, 5) is 13.3. The number of benzene rings is 7. The summed E-state index contributed by atoms with van der Waals surface area (Å²) in [7, 11) is 6.64. The molecule has 0 amide bonds. The molecule has 0 saturated carbocycles. The monoisotopic (exact) mass is 735 g/mol. The second kappa shape index (κ2) is 14.2. The molecule has 9 rings (SSSR count). The summed E-state index contributed by atoms with van der Waals surface area (Å²) in [6, 6.07) is 50.4. The van der Waals surface area contributed by atoms with Crippen molar-refractivity contribution in [2.45, 2.75) is 0 Å². The Kier molecular flexibility index (Phi) is 8.75. The van der Waals surface area contributed by atoms with Gasteiger partial charge in [-0.1, -0.05) is 60.7 Å². The second-order valence-corrected chi connectivity index (χ2v) is 13.6. The number of ether oxygens (including phenoxy) is 4. The minimum Gasteiger partial charge on any atom is -0.497 e. The summed E-state index contributed by atoms with van der Waals surface area (Å²) in [5.74, 6) is 3.44. The van der Waals surface area contributed by atoms with E-state index in [4.69, 9.17) is 23.4 Å². The van der Waals surface area contributed by atoms with E-state index in [0.717, 1.165) is 89.4 Å². The molecule has 0 N–H and O–H groups in total. The van der Waals surface area contributed by atoms with Crippen LogP contribution < -0.4 is 24.4 Å². The zero-order valence-electron chi connectivity index (χ0n) is 31.3. The van der Waals surface area contributed by atoms with Crippen LogP contribution in [0.15, 0.2) is 161 Å². The lowest BCUT2D eigenvalue weighted by atomic mass is 9.99. The molecule has 7 nitrogen and oxygen atoms in total. The van der Waals surface area contributed by atoms with E-state index in [9.17, 15) is 4.79 Å². The predicted octanol–water partition coefficient (Wildman–Crippen LogP) is 11.6. The summed E-state index contributed by atoms with van der Waals surface area (Å²) in [5, 5.41) is 2.73. The van der Waals surface area contributed by atoms with Gasteiger partial charge in [-0.05, 0) is 106 Å². The van der Waals surface area contributed by atoms with Gasteiger partial charge in [0.25, 0.3) is 0 Å². The van der Waals surface area contributed by atoms with E-state index in [-0.39, 0.29) is 5.43 Å². The van der Waals surface area contributed by atoms with Gasteiger partial charge in [0.2, 0.25) is 0 Å². The molecule has 0 saturated heterocycles. The number of aromatic nitrogens is 1. The van der Waals surface area contributed by atoms with Crippen molar-refractivity contribution >= 4 is 32.8 Å². The smallest absolute Gasteiger partial charge is 0.193 e. The van der Waals surface area contributed by atoms with E-state index in [1.54, 1.807) is 34.5 Å². The van der Waals surface area contributed by atoms with Crippen LogP contribution in [0.2, 0.25) is 0 Å². The van der Waals surface area contributed by atoms with E-state index in [1.165, 1.54) is 0 Å². The molecular formula is C49H37NO6. The third-order valence-electron chi connectivity index (χ3n) is 10.4. The summed E-state index contributed by atoms with van der Waals surface area (Å²) in [6.45, 7) is 0. The fraction of sp³-hybridized carbons (Fsp3) is 0.0816. The standard InChI is InChI=1S/C49H37NO6/c1-52-38-20-35(21-39(27-38)53-2)33-12-17-45-42(24-33)43-25-34(36-22-40(54-3)28-41(23-36)55-4)13-18-46(43)50(45)37-15-10-30(11-16-37)32-14-19-48-44(26-32)47(51)29-49(56-48)31-8-6-5-7-9-31/h5-29H,1-4H3. The molecule has 0 fully saturated rings. The molecule has 56 heavy (non-hydrogen) atoms. The quantitative estimate of drug-likeness (QED) is 0.147. The number of rotatable bonds is 9. The van der Waals surface area contributed by atoms with E-state index in [1.807, 2.05) is 84.9 Å². The van der Waals surface area contributed by atoms with Gasteiger partial charge in [0.15, 0.2) is 5.43 Å². The van der Waals surface area contributed by atoms with Crippen LogP contribution >= 0.6 is 0 Å². The Labute approximate surface area is 323 Å². The molecular weight excluding hydrogens is 699 g/mol. The first-order valence-corrected chi connectivity index (χ1v) is 18.2. The lowest BCUT2D eigenvalue weighted by Crippen LogP contribution is -2.00. The molecule has 0 atom stereocenters. The molecule has 0 aliphatic heterocycles. The van der Waals surface area contributed by atoms with Gasteiger partial charge in [-0.15, -0.1) is 0 Å². The van der Waals surface area contributed by atoms with Gasteiger partial charge < -0.3 is 27.9 Å². The highest BCUT2D eigenvalue weighted by Gasteiger charge is 2.17. The number of methoxy groups -OCH3 is 4. The first kappa shape index (κ1) is 34.5. The minimum absolute atomic E-state index is 0.0765. The summed E-state index contributed by atoms with van der Waals surface area (Å²) in [5.41, 5.74) is 10.4. The van der Waals surface area contributed by atoms with Crippen LogP contribution in [0.4, 0.5) is 0 Å². The molecule has 0 radical (unpaired) electrons. The molecule has 0 aliphatic carbocycles. The van der Waals surface area contributed by atoms with Gasteiger partial charge in [0, 0.05) is 40.2 Å². The Bertz CT molecular complexity index is 2820. The van der Waals surface area contributed by atoms with Crippen molar-refractivity contribution in [3.8, 4) is 73.4 Å². The average molecular weight is 736 g/mol. The van der Waals surface area contributed by atoms with E-state index in [0.29, 0.717) is 16.7 Å². The lowest BCUT2D eigenvalue weighted by Gasteiger charge is -2.11. The maximum atomic E-state index is 13.3. The molecule has 0 unspecified atom stereocenters. The molecule has 0 spiro atoms. The minimum atomic E-state index is -0.0765. The molecule has 274 valence electrons. The van der Waals surface area contributed by atoms with Crippen LogP contribution in [-0.4, -0.2) is 33.0 Å². The van der Waals surface area contributed by atoms with Crippen molar-refractivity contribution in [2.75, 3.05) is 28.4 Å². The zero-order chi connectivity index (χ0) is 38.3. The number of fused-ring (bicyclic) bond motifs is 4. The van der Waals surface area contributed by atoms with Crippen LogP contribution in [0.3, 0.4) is 0 Å². The Hall–Kier alpha value is -7.25. The summed E-state index contributed by atoms with van der Waals surface area (Å²) < 4.78 is 30.9. The van der Waals surface area contributed by atoms with E-state index >= 15 is 0 Å². The van der Waals surface area contributed by atoms with Crippen molar-refractivity contribution in [3.05, 3.63) is 162 Å². The molecule has 9 aromatic rings. The van der Waals surface area contributed by atoms with Gasteiger partial charge in [0.1, 0.15) is 34.3 Å².